The van der Waals surface area contributed by atoms with Crippen LogP contribution in [-0.2, 0) is 6.67 Å². The quantitative estimate of drug-likeness (QED) is 0.678. The van der Waals surface area contributed by atoms with Gasteiger partial charge in [0.2, 0.25) is 0 Å². The van der Waals surface area contributed by atoms with Crippen molar-refractivity contribution in [3.05, 3.63) is 68.0 Å². The van der Waals surface area contributed by atoms with Crippen LogP contribution in [0, 0.1) is 0 Å². The first-order valence-electron chi connectivity index (χ1n) is 8.33. The van der Waals surface area contributed by atoms with E-state index in [1.165, 1.54) is 11.3 Å². The van der Waals surface area contributed by atoms with Crippen LogP contribution in [0.25, 0.3) is 6.08 Å². The average Bonchev–Trinajstić information content (AvgIpc) is 3.03. The molecule has 0 saturated heterocycles. The topological polar surface area (TPSA) is 69.0 Å². The predicted molar refractivity (Wildman–Crippen MR) is 104 cm³/mol. The Kier molecular flexibility index (Phi) is 4.64. The van der Waals surface area contributed by atoms with Gasteiger partial charge in [-0.3, -0.25) is 14.3 Å². The fourth-order valence-corrected chi connectivity index (χ4v) is 3.84. The van der Waals surface area contributed by atoms with E-state index in [0.29, 0.717) is 29.4 Å². The number of methoxy groups -OCH3 is 2. The third-order valence-electron chi connectivity index (χ3n) is 4.28. The highest BCUT2D eigenvalue weighted by Crippen LogP contribution is 2.31. The van der Waals surface area contributed by atoms with Crippen LogP contribution >= 0.6 is 11.3 Å². The Morgan fingerprint density at radius 1 is 1.15 bits per heavy atom. The van der Waals surface area contributed by atoms with Gasteiger partial charge < -0.3 is 14.4 Å². The second kappa shape index (κ2) is 7.24. The van der Waals surface area contributed by atoms with Gasteiger partial charge >= 0.3 is 0 Å². The Labute approximate surface area is 159 Å². The number of nitrogens with zero attached hydrogens (tertiary/aromatic N) is 4. The van der Waals surface area contributed by atoms with Crippen molar-refractivity contribution in [1.82, 2.24) is 9.55 Å². The summed E-state index contributed by atoms with van der Waals surface area (Å²) in [6.45, 7) is 0.901. The molecule has 0 atom stereocenters. The van der Waals surface area contributed by atoms with Gasteiger partial charge in [0, 0.05) is 18.0 Å². The number of benzene rings is 1. The summed E-state index contributed by atoms with van der Waals surface area (Å²) in [6.07, 6.45) is 3.51. The zero-order valence-corrected chi connectivity index (χ0v) is 15.8. The zero-order chi connectivity index (χ0) is 18.8. The number of thiazole rings is 1. The van der Waals surface area contributed by atoms with E-state index in [-0.39, 0.29) is 5.56 Å². The Bertz CT molecular complexity index is 1140. The molecule has 7 nitrogen and oxygen atoms in total. The molecule has 3 heterocycles. The minimum absolute atomic E-state index is 0.0606. The summed E-state index contributed by atoms with van der Waals surface area (Å²) in [6, 6.07) is 11.3. The summed E-state index contributed by atoms with van der Waals surface area (Å²) >= 11 is 1.38. The summed E-state index contributed by atoms with van der Waals surface area (Å²) in [5.74, 6) is 1.30. The third kappa shape index (κ3) is 3.31. The number of rotatable bonds is 4. The molecule has 0 spiro atoms. The Hall–Kier alpha value is -3.13. The van der Waals surface area contributed by atoms with Gasteiger partial charge in [-0.05, 0) is 30.3 Å². The molecule has 4 rings (SSSR count). The van der Waals surface area contributed by atoms with Crippen LogP contribution in [0.3, 0.4) is 0 Å². The number of fused-ring (bicyclic) bond motifs is 1. The molecule has 0 N–H and O–H groups in total. The highest BCUT2D eigenvalue weighted by Gasteiger charge is 2.17. The van der Waals surface area contributed by atoms with E-state index in [0.717, 1.165) is 16.2 Å². The van der Waals surface area contributed by atoms with E-state index in [1.807, 2.05) is 41.3 Å². The molecule has 2 aromatic heterocycles. The van der Waals surface area contributed by atoms with E-state index < -0.39 is 0 Å². The number of ether oxygens (including phenoxy) is 2. The maximum absolute atomic E-state index is 12.8. The van der Waals surface area contributed by atoms with E-state index in [1.54, 1.807) is 31.1 Å². The molecule has 27 heavy (non-hydrogen) atoms. The van der Waals surface area contributed by atoms with Crippen molar-refractivity contribution in [2.45, 2.75) is 6.67 Å². The molecule has 0 aliphatic carbocycles. The van der Waals surface area contributed by atoms with Crippen molar-refractivity contribution in [2.75, 3.05) is 25.8 Å². The number of pyridine rings is 1. The van der Waals surface area contributed by atoms with Gasteiger partial charge in [-0.2, -0.15) is 0 Å². The van der Waals surface area contributed by atoms with Gasteiger partial charge in [0.25, 0.3) is 5.56 Å². The van der Waals surface area contributed by atoms with Crippen LogP contribution in [0.1, 0.15) is 5.69 Å². The number of anilines is 1. The van der Waals surface area contributed by atoms with Gasteiger partial charge in [-0.25, -0.2) is 4.99 Å². The van der Waals surface area contributed by atoms with Crippen molar-refractivity contribution in [2.24, 2.45) is 4.99 Å². The number of hydrogen-bond acceptors (Lipinski definition) is 7. The smallest absolute Gasteiger partial charge is 0.271 e. The first kappa shape index (κ1) is 17.3. The molecule has 0 fully saturated rings. The molecule has 0 unspecified atom stereocenters. The van der Waals surface area contributed by atoms with Crippen LogP contribution in [-0.4, -0.2) is 30.4 Å². The zero-order valence-electron chi connectivity index (χ0n) is 15.0. The van der Waals surface area contributed by atoms with Crippen LogP contribution in [0.5, 0.6) is 11.5 Å². The molecule has 8 heteroatoms. The van der Waals surface area contributed by atoms with E-state index in [4.69, 9.17) is 9.47 Å². The maximum atomic E-state index is 12.8. The number of hydrogen-bond donors (Lipinski definition) is 0. The second-order valence-electron chi connectivity index (χ2n) is 5.90. The fraction of sp³-hybridized carbons (Fsp3) is 0.211. The van der Waals surface area contributed by atoms with Crippen LogP contribution in [0.2, 0.25) is 0 Å². The van der Waals surface area contributed by atoms with Crippen molar-refractivity contribution in [3.8, 4) is 11.5 Å². The highest BCUT2D eigenvalue weighted by atomic mass is 32.1. The van der Waals surface area contributed by atoms with Crippen molar-refractivity contribution in [3.63, 3.8) is 0 Å². The van der Waals surface area contributed by atoms with Gasteiger partial charge in [-0.15, -0.1) is 0 Å². The molecule has 138 valence electrons. The van der Waals surface area contributed by atoms with Crippen LogP contribution in [0.15, 0.2) is 52.4 Å². The molecule has 0 bridgehead atoms. The summed E-state index contributed by atoms with van der Waals surface area (Å²) in [4.78, 5) is 24.4. The van der Waals surface area contributed by atoms with Crippen molar-refractivity contribution in [1.29, 1.82) is 0 Å². The summed E-state index contributed by atoms with van der Waals surface area (Å²) in [7, 11) is 3.20. The first-order valence-corrected chi connectivity index (χ1v) is 9.15. The predicted octanol–water partition coefficient (Wildman–Crippen LogP) is 1.21. The van der Waals surface area contributed by atoms with Crippen LogP contribution in [0.4, 0.5) is 5.69 Å². The molecule has 0 amide bonds. The lowest BCUT2D eigenvalue weighted by molar-refractivity contribution is 0.355. The molecule has 0 saturated carbocycles. The second-order valence-corrected chi connectivity index (χ2v) is 6.91. The lowest BCUT2D eigenvalue weighted by atomic mass is 10.2. The third-order valence-corrected chi connectivity index (χ3v) is 5.32. The van der Waals surface area contributed by atoms with Gasteiger partial charge in [0.1, 0.15) is 13.3 Å². The molecular weight excluding hydrogens is 364 g/mol. The molecule has 0 radical (unpaired) electrons. The van der Waals surface area contributed by atoms with Gasteiger partial charge in [-0.1, -0.05) is 17.4 Å². The monoisotopic (exact) mass is 382 g/mol. The molecule has 1 aliphatic rings. The lowest BCUT2D eigenvalue weighted by Gasteiger charge is -2.26. The average molecular weight is 382 g/mol. The van der Waals surface area contributed by atoms with Crippen LogP contribution < -0.4 is 29.3 Å². The molecular formula is C19H18N4O3S. The van der Waals surface area contributed by atoms with Crippen molar-refractivity contribution < 1.29 is 9.47 Å². The lowest BCUT2D eigenvalue weighted by Crippen LogP contribution is -2.42. The molecule has 1 aromatic carbocycles. The van der Waals surface area contributed by atoms with E-state index in [9.17, 15) is 4.79 Å². The Morgan fingerprint density at radius 3 is 2.74 bits per heavy atom. The SMILES string of the molecule is COc1ccc(N2CN=c3sc(=Cc4ccccn4)c(=O)n3C2)cc1OC. The molecule has 3 aromatic rings. The Morgan fingerprint density at radius 2 is 2.00 bits per heavy atom. The molecule has 1 aliphatic heterocycles. The summed E-state index contributed by atoms with van der Waals surface area (Å²) in [5, 5.41) is 0. The van der Waals surface area contributed by atoms with E-state index in [2.05, 4.69) is 9.98 Å². The van der Waals surface area contributed by atoms with Crippen molar-refractivity contribution >= 4 is 23.1 Å². The summed E-state index contributed by atoms with van der Waals surface area (Å²) < 4.78 is 13.0. The minimum Gasteiger partial charge on any atom is -0.493 e. The first-order chi connectivity index (χ1) is 13.2. The van der Waals surface area contributed by atoms with E-state index >= 15 is 0 Å². The fourth-order valence-electron chi connectivity index (χ4n) is 2.89. The normalized spacial score (nSPS) is 13.9. The summed E-state index contributed by atoms with van der Waals surface area (Å²) in [5.41, 5.74) is 1.61. The Balaban J connectivity index is 1.68. The maximum Gasteiger partial charge on any atom is 0.271 e. The van der Waals surface area contributed by atoms with Gasteiger partial charge in [0.05, 0.1) is 24.4 Å². The largest absolute Gasteiger partial charge is 0.493 e. The van der Waals surface area contributed by atoms with Gasteiger partial charge in [0.15, 0.2) is 16.3 Å². The standard InChI is InChI=1S/C19H18N4O3S/c1-25-15-7-6-14(10-16(15)26-2)22-11-21-19-23(12-22)18(24)17(27-19)9-13-5-3-4-8-20-13/h3-10H,11-12H2,1-2H3. The number of aromatic nitrogens is 2. The highest BCUT2D eigenvalue weighted by molar-refractivity contribution is 7.07. The minimum atomic E-state index is -0.0606.